The van der Waals surface area contributed by atoms with E-state index in [4.69, 9.17) is 4.74 Å². The molecule has 0 spiro atoms. The lowest BCUT2D eigenvalue weighted by molar-refractivity contribution is -0.123. The molecule has 2 rings (SSSR count). The number of nitrogens with zero attached hydrogens (tertiary/aromatic N) is 1. The summed E-state index contributed by atoms with van der Waals surface area (Å²) in [5, 5.41) is 6.99. The van der Waals surface area contributed by atoms with Gasteiger partial charge in [0.25, 0.3) is 5.91 Å². The maximum absolute atomic E-state index is 12.2. The Balaban J connectivity index is 1.98. The normalized spacial score (nSPS) is 11.5. The maximum Gasteiger partial charge on any atom is 0.358 e. The average Bonchev–Trinajstić information content (AvgIpc) is 2.98. The lowest BCUT2D eigenvalue weighted by Gasteiger charge is -2.14. The first-order valence-corrected chi connectivity index (χ1v) is 8.46. The molecule has 2 N–H and O–H groups in total. The van der Waals surface area contributed by atoms with E-state index in [2.05, 4.69) is 15.6 Å². The number of aryl methyl sites for hydroxylation is 2. The fraction of sp³-hybridized carbons (Fsp3) is 0.294. The van der Waals surface area contributed by atoms with Crippen molar-refractivity contribution in [2.45, 2.75) is 33.8 Å². The Morgan fingerprint density at radius 2 is 1.92 bits per heavy atom. The van der Waals surface area contributed by atoms with Crippen LogP contribution in [0.5, 0.6) is 0 Å². The van der Waals surface area contributed by atoms with E-state index in [1.807, 2.05) is 32.0 Å². The molecule has 132 valence electrons. The highest BCUT2D eigenvalue weighted by molar-refractivity contribution is 7.14. The van der Waals surface area contributed by atoms with E-state index in [0.717, 1.165) is 22.5 Å². The highest BCUT2D eigenvalue weighted by atomic mass is 32.1. The van der Waals surface area contributed by atoms with Gasteiger partial charge >= 0.3 is 5.97 Å². The molecule has 0 radical (unpaired) electrons. The van der Waals surface area contributed by atoms with Crippen molar-refractivity contribution in [3.8, 4) is 0 Å². The first kappa shape index (κ1) is 18.6. The Morgan fingerprint density at radius 3 is 2.60 bits per heavy atom. The van der Waals surface area contributed by atoms with Crippen LogP contribution in [0.25, 0.3) is 0 Å². The van der Waals surface area contributed by atoms with Crippen LogP contribution >= 0.6 is 11.3 Å². The van der Waals surface area contributed by atoms with Crippen LogP contribution in [0.1, 0.15) is 35.5 Å². The van der Waals surface area contributed by atoms with Crippen LogP contribution in [-0.2, 0) is 14.3 Å². The van der Waals surface area contributed by atoms with Crippen molar-refractivity contribution in [2.75, 3.05) is 10.6 Å². The topological polar surface area (TPSA) is 97.4 Å². The Kier molecular flexibility index (Phi) is 5.87. The number of carbonyl (C=O) groups excluding carboxylic acids is 3. The minimum atomic E-state index is -0.988. The molecule has 2 aromatic rings. The SMILES string of the molecule is CC(=O)Nc1nc(C(=O)OC(C)C(=O)Nc2cc(C)ccc2C)cs1. The van der Waals surface area contributed by atoms with Gasteiger partial charge in [-0.05, 0) is 38.0 Å². The number of rotatable bonds is 5. The molecule has 1 aromatic carbocycles. The number of amides is 2. The monoisotopic (exact) mass is 361 g/mol. The molecular formula is C17H19N3O4S. The third-order valence-corrected chi connectivity index (χ3v) is 4.06. The van der Waals surface area contributed by atoms with E-state index in [1.165, 1.54) is 19.2 Å². The van der Waals surface area contributed by atoms with Gasteiger partial charge in [-0.2, -0.15) is 0 Å². The van der Waals surface area contributed by atoms with E-state index >= 15 is 0 Å². The fourth-order valence-electron chi connectivity index (χ4n) is 1.95. The van der Waals surface area contributed by atoms with Gasteiger partial charge in [0, 0.05) is 18.0 Å². The molecule has 1 heterocycles. The highest BCUT2D eigenvalue weighted by Gasteiger charge is 2.21. The molecule has 1 unspecified atom stereocenters. The molecule has 1 aromatic heterocycles. The van der Waals surface area contributed by atoms with E-state index in [1.54, 1.807) is 0 Å². The molecular weight excluding hydrogens is 342 g/mol. The number of hydrogen-bond acceptors (Lipinski definition) is 6. The predicted molar refractivity (Wildman–Crippen MR) is 95.8 cm³/mol. The minimum Gasteiger partial charge on any atom is -0.448 e. The Labute approximate surface area is 149 Å². The molecule has 0 aliphatic carbocycles. The van der Waals surface area contributed by atoms with Gasteiger partial charge in [-0.1, -0.05) is 12.1 Å². The van der Waals surface area contributed by atoms with Crippen LogP contribution in [0.15, 0.2) is 23.6 Å². The molecule has 1 atom stereocenters. The number of benzene rings is 1. The quantitative estimate of drug-likeness (QED) is 0.798. The molecule has 0 aliphatic rings. The summed E-state index contributed by atoms with van der Waals surface area (Å²) in [6.07, 6.45) is -0.988. The van der Waals surface area contributed by atoms with Crippen molar-refractivity contribution >= 4 is 39.9 Å². The lowest BCUT2D eigenvalue weighted by Crippen LogP contribution is -2.30. The van der Waals surface area contributed by atoms with Crippen LogP contribution in [0.2, 0.25) is 0 Å². The molecule has 0 fully saturated rings. The van der Waals surface area contributed by atoms with Crippen LogP contribution in [-0.4, -0.2) is 28.9 Å². The van der Waals surface area contributed by atoms with E-state index < -0.39 is 18.0 Å². The molecule has 0 saturated carbocycles. The Morgan fingerprint density at radius 1 is 1.20 bits per heavy atom. The van der Waals surface area contributed by atoms with Crippen LogP contribution < -0.4 is 10.6 Å². The van der Waals surface area contributed by atoms with Crippen LogP contribution in [0.3, 0.4) is 0 Å². The number of aromatic nitrogens is 1. The summed E-state index contributed by atoms with van der Waals surface area (Å²) in [5.41, 5.74) is 2.64. The van der Waals surface area contributed by atoms with Gasteiger partial charge in [0.15, 0.2) is 16.9 Å². The standard InChI is InChI=1S/C17H19N3O4S/c1-9-5-6-10(2)13(7-9)19-15(22)11(3)24-16(23)14-8-25-17(20-14)18-12(4)21/h5-8,11H,1-4H3,(H,19,22)(H,18,20,21). The van der Waals surface area contributed by atoms with Crippen LogP contribution in [0.4, 0.5) is 10.8 Å². The van der Waals surface area contributed by atoms with E-state index in [9.17, 15) is 14.4 Å². The molecule has 0 aliphatic heterocycles. The van der Waals surface area contributed by atoms with Gasteiger partial charge < -0.3 is 15.4 Å². The summed E-state index contributed by atoms with van der Waals surface area (Å²) in [4.78, 5) is 39.2. The number of thiazole rings is 1. The summed E-state index contributed by atoms with van der Waals surface area (Å²) in [7, 11) is 0. The number of nitrogens with one attached hydrogen (secondary N) is 2. The van der Waals surface area contributed by atoms with Crippen molar-refractivity contribution in [1.29, 1.82) is 0 Å². The van der Waals surface area contributed by atoms with Gasteiger partial charge in [0.05, 0.1) is 0 Å². The summed E-state index contributed by atoms with van der Waals surface area (Å²) < 4.78 is 5.14. The lowest BCUT2D eigenvalue weighted by atomic mass is 10.1. The zero-order chi connectivity index (χ0) is 18.6. The molecule has 0 bridgehead atoms. The van der Waals surface area contributed by atoms with Crippen LogP contribution in [0, 0.1) is 13.8 Å². The second-order valence-electron chi connectivity index (χ2n) is 5.57. The largest absolute Gasteiger partial charge is 0.448 e. The molecule has 0 saturated heterocycles. The van der Waals surface area contributed by atoms with E-state index in [0.29, 0.717) is 10.8 Å². The average molecular weight is 361 g/mol. The number of anilines is 2. The second kappa shape index (κ2) is 7.89. The van der Waals surface area contributed by atoms with Crippen molar-refractivity contribution in [2.24, 2.45) is 0 Å². The smallest absolute Gasteiger partial charge is 0.358 e. The van der Waals surface area contributed by atoms with E-state index in [-0.39, 0.29) is 11.6 Å². The molecule has 7 nitrogen and oxygen atoms in total. The van der Waals surface area contributed by atoms with Crippen molar-refractivity contribution in [3.63, 3.8) is 0 Å². The maximum atomic E-state index is 12.2. The highest BCUT2D eigenvalue weighted by Crippen LogP contribution is 2.18. The van der Waals surface area contributed by atoms with Gasteiger partial charge in [-0.15, -0.1) is 11.3 Å². The van der Waals surface area contributed by atoms with Crippen molar-refractivity contribution < 1.29 is 19.1 Å². The first-order valence-electron chi connectivity index (χ1n) is 7.58. The number of carbonyl (C=O) groups is 3. The van der Waals surface area contributed by atoms with Gasteiger partial charge in [0.1, 0.15) is 0 Å². The van der Waals surface area contributed by atoms with Gasteiger partial charge in [0.2, 0.25) is 5.91 Å². The second-order valence-corrected chi connectivity index (χ2v) is 6.43. The fourth-order valence-corrected chi connectivity index (χ4v) is 2.68. The van der Waals surface area contributed by atoms with Crippen molar-refractivity contribution in [1.82, 2.24) is 4.98 Å². The van der Waals surface area contributed by atoms with Gasteiger partial charge in [-0.3, -0.25) is 9.59 Å². The zero-order valence-corrected chi connectivity index (χ0v) is 15.2. The van der Waals surface area contributed by atoms with Gasteiger partial charge in [-0.25, -0.2) is 9.78 Å². The summed E-state index contributed by atoms with van der Waals surface area (Å²) in [6, 6.07) is 5.70. The first-order chi connectivity index (χ1) is 11.8. The van der Waals surface area contributed by atoms with Crippen molar-refractivity contribution in [3.05, 3.63) is 40.4 Å². The zero-order valence-electron chi connectivity index (χ0n) is 14.4. The predicted octanol–water partition coefficient (Wildman–Crippen LogP) is 2.90. The summed E-state index contributed by atoms with van der Waals surface area (Å²) in [5.74, 6) is -1.44. The number of ether oxygens (including phenoxy) is 1. The number of esters is 1. The molecule has 2 amide bonds. The Bertz CT molecular complexity index is 816. The summed E-state index contributed by atoms with van der Waals surface area (Å²) >= 11 is 1.10. The molecule has 8 heteroatoms. The third-order valence-electron chi connectivity index (χ3n) is 3.30. The minimum absolute atomic E-state index is 0.0418. The summed E-state index contributed by atoms with van der Waals surface area (Å²) in [6.45, 7) is 6.64. The number of hydrogen-bond donors (Lipinski definition) is 2. The Hall–Kier alpha value is -2.74. The third kappa shape index (κ3) is 5.12. The molecule has 25 heavy (non-hydrogen) atoms.